The van der Waals surface area contributed by atoms with E-state index in [4.69, 9.17) is 13.9 Å². The molecule has 0 aliphatic heterocycles. The lowest BCUT2D eigenvalue weighted by atomic mass is 10.3. The number of carbonyl (C=O) groups excluding carboxylic acids is 1. The van der Waals surface area contributed by atoms with Crippen LogP contribution in [0.2, 0.25) is 0 Å². The van der Waals surface area contributed by atoms with Crippen molar-refractivity contribution in [3.8, 4) is 11.5 Å². The van der Waals surface area contributed by atoms with E-state index < -0.39 is 0 Å². The quantitative estimate of drug-likeness (QED) is 0.688. The molecular weight excluding hydrogens is 284 g/mol. The lowest BCUT2D eigenvalue weighted by Gasteiger charge is -2.08. The molecule has 2 aromatic rings. The predicted octanol–water partition coefficient (Wildman–Crippen LogP) is 1.57. The third kappa shape index (κ3) is 5.49. The van der Waals surface area contributed by atoms with E-state index in [1.165, 1.54) is 0 Å². The number of furan rings is 1. The molecule has 0 saturated carbocycles. The van der Waals surface area contributed by atoms with Gasteiger partial charge in [0, 0.05) is 0 Å². The molecule has 2 rings (SSSR count). The minimum absolute atomic E-state index is 0.0788. The number of hydrogen-bond donors (Lipinski definition) is 2. The summed E-state index contributed by atoms with van der Waals surface area (Å²) in [5.41, 5.74) is 0. The highest BCUT2D eigenvalue weighted by Gasteiger charge is 2.01. The fraction of sp³-hybridized carbons (Fsp3) is 0.312. The zero-order chi connectivity index (χ0) is 15.6. The zero-order valence-corrected chi connectivity index (χ0v) is 12.5. The van der Waals surface area contributed by atoms with Gasteiger partial charge in [-0.15, -0.1) is 0 Å². The van der Waals surface area contributed by atoms with Crippen LogP contribution in [0.5, 0.6) is 11.5 Å². The van der Waals surface area contributed by atoms with Crippen LogP contribution < -0.4 is 20.1 Å². The van der Waals surface area contributed by atoms with Gasteiger partial charge >= 0.3 is 0 Å². The zero-order valence-electron chi connectivity index (χ0n) is 12.5. The molecule has 2 N–H and O–H groups in total. The van der Waals surface area contributed by atoms with E-state index in [1.807, 2.05) is 36.4 Å². The first-order valence-corrected chi connectivity index (χ1v) is 7.04. The molecule has 1 aromatic heterocycles. The highest BCUT2D eigenvalue weighted by Crippen LogP contribution is 2.16. The molecular formula is C16H20N2O4. The first-order chi connectivity index (χ1) is 10.8. The summed E-state index contributed by atoms with van der Waals surface area (Å²) in [5.74, 6) is 2.25. The van der Waals surface area contributed by atoms with Gasteiger partial charge in [0.15, 0.2) is 0 Å². The first kappa shape index (κ1) is 15.9. The summed E-state index contributed by atoms with van der Waals surface area (Å²) in [5, 5.41) is 5.77. The highest BCUT2D eigenvalue weighted by atomic mass is 16.5. The Morgan fingerprint density at radius 3 is 2.64 bits per heavy atom. The smallest absolute Gasteiger partial charge is 0.234 e. The van der Waals surface area contributed by atoms with Crippen molar-refractivity contribution in [2.24, 2.45) is 0 Å². The summed E-state index contributed by atoms with van der Waals surface area (Å²) >= 11 is 0. The minimum atomic E-state index is -0.0788. The highest BCUT2D eigenvalue weighted by molar-refractivity contribution is 5.77. The monoisotopic (exact) mass is 304 g/mol. The van der Waals surface area contributed by atoms with Gasteiger partial charge < -0.3 is 24.5 Å². The van der Waals surface area contributed by atoms with Crippen molar-refractivity contribution in [3.63, 3.8) is 0 Å². The second-order valence-electron chi connectivity index (χ2n) is 4.56. The van der Waals surface area contributed by atoms with E-state index in [9.17, 15) is 4.79 Å². The number of rotatable bonds is 9. The third-order valence-corrected chi connectivity index (χ3v) is 2.92. The number of hydrogen-bond acceptors (Lipinski definition) is 5. The molecule has 22 heavy (non-hydrogen) atoms. The Hall–Kier alpha value is -2.47. The van der Waals surface area contributed by atoms with Gasteiger partial charge in [0.25, 0.3) is 0 Å². The van der Waals surface area contributed by atoms with Gasteiger partial charge in [0.2, 0.25) is 5.91 Å². The van der Waals surface area contributed by atoms with Crippen LogP contribution >= 0.6 is 0 Å². The molecule has 0 unspecified atom stereocenters. The van der Waals surface area contributed by atoms with Gasteiger partial charge in [0.05, 0.1) is 33.0 Å². The van der Waals surface area contributed by atoms with Crippen molar-refractivity contribution in [1.29, 1.82) is 0 Å². The maximum absolute atomic E-state index is 11.6. The van der Waals surface area contributed by atoms with Crippen LogP contribution in [0.4, 0.5) is 0 Å². The second-order valence-corrected chi connectivity index (χ2v) is 4.56. The number of amides is 1. The largest absolute Gasteiger partial charge is 0.497 e. The summed E-state index contributed by atoms with van der Waals surface area (Å²) in [7, 11) is 1.62. The number of carbonyl (C=O) groups is 1. The Balaban J connectivity index is 1.54. The number of methoxy groups -OCH3 is 1. The van der Waals surface area contributed by atoms with Crippen LogP contribution in [0.1, 0.15) is 5.76 Å². The molecule has 0 bridgehead atoms. The van der Waals surface area contributed by atoms with Gasteiger partial charge in [0.1, 0.15) is 23.9 Å². The van der Waals surface area contributed by atoms with E-state index in [0.29, 0.717) is 19.7 Å². The van der Waals surface area contributed by atoms with Crippen LogP contribution in [0, 0.1) is 0 Å². The Labute approximate surface area is 129 Å². The summed E-state index contributed by atoms with van der Waals surface area (Å²) < 4.78 is 15.7. The summed E-state index contributed by atoms with van der Waals surface area (Å²) in [6.45, 7) is 1.63. The first-order valence-electron chi connectivity index (χ1n) is 7.04. The van der Waals surface area contributed by atoms with Crippen molar-refractivity contribution in [2.75, 3.05) is 26.8 Å². The van der Waals surface area contributed by atoms with Crippen molar-refractivity contribution in [3.05, 3.63) is 48.4 Å². The molecule has 1 amide bonds. The maximum atomic E-state index is 11.6. The van der Waals surface area contributed by atoms with Gasteiger partial charge in [-0.1, -0.05) is 0 Å². The van der Waals surface area contributed by atoms with E-state index in [0.717, 1.165) is 17.3 Å². The van der Waals surface area contributed by atoms with Crippen molar-refractivity contribution < 1.29 is 18.7 Å². The normalized spacial score (nSPS) is 10.2. The maximum Gasteiger partial charge on any atom is 0.234 e. The average Bonchev–Trinajstić information content (AvgIpc) is 3.05. The fourth-order valence-electron chi connectivity index (χ4n) is 1.81. The van der Waals surface area contributed by atoms with Crippen LogP contribution in [0.3, 0.4) is 0 Å². The topological polar surface area (TPSA) is 72.7 Å². The van der Waals surface area contributed by atoms with Crippen molar-refractivity contribution in [1.82, 2.24) is 10.6 Å². The number of nitrogens with one attached hydrogen (secondary N) is 2. The molecule has 0 aliphatic rings. The minimum Gasteiger partial charge on any atom is -0.497 e. The molecule has 6 nitrogen and oxygen atoms in total. The molecule has 0 saturated heterocycles. The molecule has 0 spiro atoms. The molecule has 0 radical (unpaired) electrons. The van der Waals surface area contributed by atoms with Gasteiger partial charge in [-0.25, -0.2) is 0 Å². The molecule has 0 aliphatic carbocycles. The lowest BCUT2D eigenvalue weighted by Crippen LogP contribution is -2.35. The lowest BCUT2D eigenvalue weighted by molar-refractivity contribution is -0.120. The Morgan fingerprint density at radius 2 is 1.95 bits per heavy atom. The van der Waals surface area contributed by atoms with Crippen LogP contribution in [0.15, 0.2) is 47.1 Å². The summed E-state index contributed by atoms with van der Waals surface area (Å²) in [6, 6.07) is 11.0. The Kier molecular flexibility index (Phi) is 6.32. The van der Waals surface area contributed by atoms with Gasteiger partial charge in [-0.05, 0) is 36.4 Å². The number of ether oxygens (including phenoxy) is 2. The Bertz CT molecular complexity index is 552. The molecule has 1 heterocycles. The van der Waals surface area contributed by atoms with Crippen LogP contribution in [-0.2, 0) is 11.3 Å². The van der Waals surface area contributed by atoms with E-state index in [2.05, 4.69) is 10.6 Å². The number of benzene rings is 1. The summed E-state index contributed by atoms with van der Waals surface area (Å²) in [4.78, 5) is 11.6. The molecule has 0 atom stereocenters. The molecule has 118 valence electrons. The molecule has 1 aromatic carbocycles. The fourth-order valence-corrected chi connectivity index (χ4v) is 1.81. The van der Waals surface area contributed by atoms with Crippen molar-refractivity contribution >= 4 is 5.91 Å². The standard InChI is InChI=1S/C16H20N2O4/c1-20-13-4-6-14(7-5-13)22-10-8-18-16(19)12-17-11-15-3-2-9-21-15/h2-7,9,17H,8,10-12H2,1H3,(H,18,19). The van der Waals surface area contributed by atoms with Gasteiger partial charge in [-0.2, -0.15) is 0 Å². The molecule has 0 fully saturated rings. The van der Waals surface area contributed by atoms with E-state index >= 15 is 0 Å². The average molecular weight is 304 g/mol. The van der Waals surface area contributed by atoms with Gasteiger partial charge in [-0.3, -0.25) is 4.79 Å². The molecule has 6 heteroatoms. The summed E-state index contributed by atoms with van der Waals surface area (Å²) in [6.07, 6.45) is 1.60. The third-order valence-electron chi connectivity index (χ3n) is 2.92. The van der Waals surface area contributed by atoms with E-state index in [-0.39, 0.29) is 12.5 Å². The Morgan fingerprint density at radius 1 is 1.18 bits per heavy atom. The van der Waals surface area contributed by atoms with Crippen LogP contribution in [0.25, 0.3) is 0 Å². The van der Waals surface area contributed by atoms with Crippen molar-refractivity contribution in [2.45, 2.75) is 6.54 Å². The SMILES string of the molecule is COc1ccc(OCCNC(=O)CNCc2ccco2)cc1. The second kappa shape index (κ2) is 8.74. The van der Waals surface area contributed by atoms with Crippen LogP contribution in [-0.4, -0.2) is 32.7 Å². The van der Waals surface area contributed by atoms with E-state index in [1.54, 1.807) is 13.4 Å². The predicted molar refractivity (Wildman–Crippen MR) is 81.9 cm³/mol.